The highest BCUT2D eigenvalue weighted by atomic mass is 16.6. The highest BCUT2D eigenvalue weighted by Crippen LogP contribution is 2.42. The molecule has 0 saturated carbocycles. The van der Waals surface area contributed by atoms with Gasteiger partial charge in [0.25, 0.3) is 0 Å². The number of likely N-dealkylation sites (tertiary alicyclic amines) is 2. The number of rotatable bonds is 31. The molecule has 0 spiro atoms. The Morgan fingerprint density at radius 2 is 0.716 bits per heavy atom. The highest BCUT2D eigenvalue weighted by Gasteiger charge is 2.33. The minimum atomic E-state index is -1.26. The lowest BCUT2D eigenvalue weighted by molar-refractivity contribution is -0.181. The van der Waals surface area contributed by atoms with Gasteiger partial charge < -0.3 is 28.7 Å². The van der Waals surface area contributed by atoms with Crippen molar-refractivity contribution in [2.45, 2.75) is 186 Å². The van der Waals surface area contributed by atoms with Gasteiger partial charge in [-0.15, -0.1) is 0 Å². The molecule has 10 heteroatoms. The van der Waals surface area contributed by atoms with Crippen LogP contribution in [0.4, 0.5) is 0 Å². The molecule has 2 aliphatic heterocycles. The van der Waals surface area contributed by atoms with Gasteiger partial charge in [-0.1, -0.05) is 218 Å². The van der Waals surface area contributed by atoms with E-state index >= 15 is 0 Å². The van der Waals surface area contributed by atoms with Crippen LogP contribution >= 0.6 is 0 Å². The summed E-state index contributed by atoms with van der Waals surface area (Å²) in [5.74, 6) is -2.37. The number of nitrogens with zero attached hydrogens (tertiary/aromatic N) is 2. The lowest BCUT2D eigenvalue weighted by Crippen LogP contribution is -2.43. The maximum atomic E-state index is 13.5. The highest BCUT2D eigenvalue weighted by molar-refractivity contribution is 5.88. The van der Waals surface area contributed by atoms with Crippen molar-refractivity contribution in [3.05, 3.63) is 213 Å². The van der Waals surface area contributed by atoms with Crippen LogP contribution in [0.25, 0.3) is 0 Å². The number of ether oxygens (including phenoxy) is 4. The van der Waals surface area contributed by atoms with Crippen molar-refractivity contribution in [3.63, 3.8) is 0 Å². The van der Waals surface area contributed by atoms with E-state index in [9.17, 15) is 19.2 Å². The van der Waals surface area contributed by atoms with E-state index in [-0.39, 0.29) is 23.7 Å². The quantitative estimate of drug-likeness (QED) is 0.0288. The van der Waals surface area contributed by atoms with E-state index in [0.717, 1.165) is 74.2 Å². The second-order valence-electron chi connectivity index (χ2n) is 25.8. The molecule has 10 nitrogen and oxygen atoms in total. The molecule has 478 valence electrons. The zero-order valence-electron chi connectivity index (χ0n) is 56.3. The van der Waals surface area contributed by atoms with Crippen molar-refractivity contribution in [1.82, 2.24) is 9.80 Å². The van der Waals surface area contributed by atoms with E-state index < -0.39 is 49.3 Å². The third-order valence-electron chi connectivity index (χ3n) is 16.7. The average molecular weight is 1200 g/mol. The van der Waals surface area contributed by atoms with Gasteiger partial charge in [0.05, 0.1) is 12.8 Å². The van der Waals surface area contributed by atoms with Crippen LogP contribution in [-0.2, 0) is 38.1 Å². The number of esters is 4. The fraction of sp³-hybridized carbons (Fsp3) is 0.487. The molecule has 0 N–H and O–H groups in total. The SMILES string of the molecule is CC(C=CC=C(C)C=CC1=C(C)CCCC1(C)C)=CC=CC=C(C)C=CC=C(C)C(=O)OC[C@H](OC(=O)CCN1CCCC1)[C@@H](COC(=O)\C(C)=C/C=C/C(C)=C/C=C/C=C(C)/C=C/C=C(C)/C=C/C1=C(C)CCCC1(C)C)OC(=O)CCN1CCCC1. The summed E-state index contributed by atoms with van der Waals surface area (Å²) >= 11 is 0. The molecule has 2 aliphatic carbocycles. The van der Waals surface area contributed by atoms with E-state index in [1.54, 1.807) is 38.2 Å². The van der Waals surface area contributed by atoms with Crippen LogP contribution in [0.3, 0.4) is 0 Å². The normalized spacial score (nSPS) is 20.3. The first kappa shape index (κ1) is 73.6. The Bertz CT molecular complexity index is 2740. The van der Waals surface area contributed by atoms with Gasteiger partial charge in [-0.3, -0.25) is 9.59 Å². The molecule has 4 rings (SSSR count). The fourth-order valence-corrected chi connectivity index (χ4v) is 11.1. The number of carbonyl (C=O) groups is 4. The molecule has 0 aromatic rings. The number of carbonyl (C=O) groups excluding carboxylic acids is 4. The Kier molecular flexibility index (Phi) is 32.8. The predicted molar refractivity (Wildman–Crippen MR) is 366 cm³/mol. The number of hydrogen-bond donors (Lipinski definition) is 0. The van der Waals surface area contributed by atoms with E-state index in [1.165, 1.54) is 72.0 Å². The van der Waals surface area contributed by atoms with Crippen LogP contribution < -0.4 is 0 Å². The standard InChI is InChI=1S/C78H108N2O8/c1-59(33-23-35-63(5)43-45-69-65(7)41-27-49-77(69,11)12)29-15-17-31-61(3)37-25-39-67(9)75(83)85-57-71(87-73(81)47-55-79-51-19-20-52-79)72(88-74(82)48-56-80-53-21-22-54-80)58-86-76(84)68(10)40-26-38-62(4)32-18-16-30-60(2)34-24-36-64(6)44-46-70-66(8)42-28-50-78(70,13)14/h15-18,23-26,29-40,43-46,71-72H,19-22,27-28,41-42,47-58H2,1-14H3/b17-15+,18-16?,33-23+,34-24?,37-25+,38-26?,45-43+,46-44?,59-29+,60-30?,61-31+,62-32?,63-35+,64-36?,67-39-,68-40?/t71-,72+/m1/s1. The molecule has 4 aliphatic rings. The van der Waals surface area contributed by atoms with Crippen molar-refractivity contribution in [3.8, 4) is 0 Å². The van der Waals surface area contributed by atoms with Gasteiger partial charge in [0.2, 0.25) is 0 Å². The van der Waals surface area contributed by atoms with Crippen LogP contribution in [0, 0.1) is 10.8 Å². The lowest BCUT2D eigenvalue weighted by Gasteiger charge is -2.33. The molecule has 88 heavy (non-hydrogen) atoms. The van der Waals surface area contributed by atoms with E-state index in [2.05, 4.69) is 152 Å². The Morgan fingerprint density at radius 3 is 1.03 bits per heavy atom. The van der Waals surface area contributed by atoms with E-state index in [1.807, 2.05) is 62.5 Å². The zero-order valence-corrected chi connectivity index (χ0v) is 56.3. The van der Waals surface area contributed by atoms with Gasteiger partial charge in [-0.2, -0.15) is 0 Å². The van der Waals surface area contributed by atoms with Gasteiger partial charge in [-0.25, -0.2) is 9.59 Å². The molecule has 0 aromatic carbocycles. The van der Waals surface area contributed by atoms with E-state index in [4.69, 9.17) is 18.9 Å². The van der Waals surface area contributed by atoms with Crippen LogP contribution in [0.1, 0.15) is 174 Å². The van der Waals surface area contributed by atoms with Gasteiger partial charge in [0, 0.05) is 24.2 Å². The molecule has 0 aromatic heterocycles. The maximum absolute atomic E-state index is 13.5. The monoisotopic (exact) mass is 1200 g/mol. The molecule has 2 atom stereocenters. The smallest absolute Gasteiger partial charge is 0.333 e. The Hall–Kier alpha value is -6.88. The Balaban J connectivity index is 1.39. The summed E-state index contributed by atoms with van der Waals surface area (Å²) in [5, 5.41) is 0. The first-order valence-corrected chi connectivity index (χ1v) is 32.3. The molecule has 0 bridgehead atoms. The van der Waals surface area contributed by atoms with Gasteiger partial charge >= 0.3 is 23.9 Å². The van der Waals surface area contributed by atoms with Crippen molar-refractivity contribution in [2.24, 2.45) is 10.8 Å². The topological polar surface area (TPSA) is 112 Å². The van der Waals surface area contributed by atoms with Crippen molar-refractivity contribution in [2.75, 3.05) is 52.5 Å². The first-order valence-electron chi connectivity index (χ1n) is 32.3. The molecular formula is C78H108N2O8. The third kappa shape index (κ3) is 29.0. The summed E-state index contributed by atoms with van der Waals surface area (Å²) in [6, 6.07) is 0. The zero-order chi connectivity index (χ0) is 64.5. The van der Waals surface area contributed by atoms with Crippen LogP contribution in [0.5, 0.6) is 0 Å². The number of hydrogen-bond acceptors (Lipinski definition) is 10. The summed E-state index contributed by atoms with van der Waals surface area (Å²) in [4.78, 5) is 58.4. The second-order valence-corrected chi connectivity index (χ2v) is 25.8. The molecule has 0 radical (unpaired) electrons. The molecule has 2 fully saturated rings. The molecule has 0 unspecified atom stereocenters. The summed E-state index contributed by atoms with van der Waals surface area (Å²) in [5.41, 5.74) is 13.5. The Labute approximate surface area is 531 Å². The Morgan fingerprint density at radius 1 is 0.420 bits per heavy atom. The molecule has 2 saturated heterocycles. The van der Waals surface area contributed by atoms with Gasteiger partial charge in [-0.05, 0) is 182 Å². The summed E-state index contributed by atoms with van der Waals surface area (Å²) in [7, 11) is 0. The van der Waals surface area contributed by atoms with Crippen molar-refractivity contribution >= 4 is 23.9 Å². The predicted octanol–water partition coefficient (Wildman–Crippen LogP) is 17.9. The first-order chi connectivity index (χ1) is 41.9. The van der Waals surface area contributed by atoms with Crippen LogP contribution in [-0.4, -0.2) is 98.4 Å². The van der Waals surface area contributed by atoms with Crippen LogP contribution in [0.2, 0.25) is 0 Å². The minimum Gasteiger partial charge on any atom is -0.458 e. The third-order valence-corrected chi connectivity index (χ3v) is 16.7. The minimum absolute atomic E-state index is 0.0878. The summed E-state index contributed by atoms with van der Waals surface area (Å²) < 4.78 is 23.5. The summed E-state index contributed by atoms with van der Waals surface area (Å²) in [6.45, 7) is 33.2. The molecule has 0 amide bonds. The fourth-order valence-electron chi connectivity index (χ4n) is 11.1. The van der Waals surface area contributed by atoms with Crippen molar-refractivity contribution in [1.29, 1.82) is 0 Å². The maximum Gasteiger partial charge on any atom is 0.333 e. The number of allylic oxidation sites excluding steroid dienone is 34. The second kappa shape index (κ2) is 39.2. The average Bonchev–Trinajstić information content (AvgIpc) is 4.21. The van der Waals surface area contributed by atoms with E-state index in [0.29, 0.717) is 24.2 Å². The molecular weight excluding hydrogens is 1090 g/mol. The lowest BCUT2D eigenvalue weighted by atomic mass is 9.72. The summed E-state index contributed by atoms with van der Waals surface area (Å²) in [6.07, 6.45) is 57.5. The van der Waals surface area contributed by atoms with Crippen LogP contribution in [0.15, 0.2) is 213 Å². The van der Waals surface area contributed by atoms with Gasteiger partial charge in [0.15, 0.2) is 12.2 Å². The van der Waals surface area contributed by atoms with Gasteiger partial charge in [0.1, 0.15) is 13.2 Å². The van der Waals surface area contributed by atoms with Crippen molar-refractivity contribution < 1.29 is 38.1 Å². The largest absolute Gasteiger partial charge is 0.458 e. The molecule has 2 heterocycles.